The lowest BCUT2D eigenvalue weighted by Gasteiger charge is -2.10. The molecular formula is C12H15N5O2S. The number of aromatic hydroxyl groups is 1. The molecule has 106 valence electrons. The molecule has 7 nitrogen and oxygen atoms in total. The van der Waals surface area contributed by atoms with Crippen molar-refractivity contribution in [3.05, 3.63) is 24.3 Å². The largest absolute Gasteiger partial charge is 0.508 e. The van der Waals surface area contributed by atoms with Gasteiger partial charge in [0, 0.05) is 6.54 Å². The van der Waals surface area contributed by atoms with Crippen LogP contribution >= 0.6 is 11.8 Å². The van der Waals surface area contributed by atoms with E-state index in [1.807, 2.05) is 6.92 Å². The Bertz CT molecular complexity index is 584. The molecule has 0 radical (unpaired) electrons. The lowest BCUT2D eigenvalue weighted by Crippen LogP contribution is -2.30. The summed E-state index contributed by atoms with van der Waals surface area (Å²) in [4.78, 5) is 11.7. The summed E-state index contributed by atoms with van der Waals surface area (Å²) in [6, 6.07) is 6.51. The Morgan fingerprint density at radius 1 is 1.45 bits per heavy atom. The van der Waals surface area contributed by atoms with Gasteiger partial charge in [0.15, 0.2) is 0 Å². The van der Waals surface area contributed by atoms with Crippen molar-refractivity contribution in [2.45, 2.75) is 24.3 Å². The second kappa shape index (κ2) is 6.38. The van der Waals surface area contributed by atoms with Crippen LogP contribution in [0.25, 0.3) is 5.69 Å². The molecule has 1 aromatic heterocycles. The van der Waals surface area contributed by atoms with Crippen LogP contribution in [0.4, 0.5) is 0 Å². The van der Waals surface area contributed by atoms with Gasteiger partial charge in [0.25, 0.3) is 0 Å². The zero-order chi connectivity index (χ0) is 14.5. The third kappa shape index (κ3) is 3.27. The first-order valence-electron chi connectivity index (χ1n) is 6.14. The average molecular weight is 293 g/mol. The molecule has 0 aliphatic heterocycles. The van der Waals surface area contributed by atoms with Gasteiger partial charge in [-0.2, -0.15) is 4.68 Å². The van der Waals surface area contributed by atoms with Crippen molar-refractivity contribution < 1.29 is 9.90 Å². The number of aromatic nitrogens is 4. The molecule has 0 aliphatic carbocycles. The van der Waals surface area contributed by atoms with E-state index in [0.717, 1.165) is 5.69 Å². The summed E-state index contributed by atoms with van der Waals surface area (Å²) in [5.74, 6) is 0.115. The Balaban J connectivity index is 2.16. The molecule has 1 unspecified atom stereocenters. The van der Waals surface area contributed by atoms with Gasteiger partial charge in [0.2, 0.25) is 11.1 Å². The fourth-order valence-corrected chi connectivity index (χ4v) is 2.37. The van der Waals surface area contributed by atoms with Crippen LogP contribution in [-0.2, 0) is 4.79 Å². The van der Waals surface area contributed by atoms with Crippen LogP contribution in [-0.4, -0.2) is 43.0 Å². The van der Waals surface area contributed by atoms with E-state index in [9.17, 15) is 9.90 Å². The number of rotatable bonds is 5. The summed E-state index contributed by atoms with van der Waals surface area (Å²) in [6.07, 6.45) is 0. The Morgan fingerprint density at radius 3 is 2.80 bits per heavy atom. The molecule has 0 saturated heterocycles. The number of hydrogen-bond acceptors (Lipinski definition) is 6. The van der Waals surface area contributed by atoms with Crippen molar-refractivity contribution in [2.75, 3.05) is 6.54 Å². The first-order chi connectivity index (χ1) is 9.61. The second-order valence-corrected chi connectivity index (χ2v) is 5.35. The number of benzene rings is 1. The molecule has 1 amide bonds. The number of carbonyl (C=O) groups excluding carboxylic acids is 1. The highest BCUT2D eigenvalue weighted by molar-refractivity contribution is 8.00. The van der Waals surface area contributed by atoms with Gasteiger partial charge in [0.05, 0.1) is 10.9 Å². The van der Waals surface area contributed by atoms with Crippen LogP contribution in [0.3, 0.4) is 0 Å². The van der Waals surface area contributed by atoms with Gasteiger partial charge in [0.1, 0.15) is 5.75 Å². The molecular weight excluding hydrogens is 278 g/mol. The predicted molar refractivity (Wildman–Crippen MR) is 74.8 cm³/mol. The van der Waals surface area contributed by atoms with Crippen molar-refractivity contribution in [2.24, 2.45) is 0 Å². The topological polar surface area (TPSA) is 92.9 Å². The lowest BCUT2D eigenvalue weighted by atomic mass is 10.3. The number of carbonyl (C=O) groups is 1. The standard InChI is InChI=1S/C12H15N5O2S/c1-3-13-11(19)8(2)20-12-14-15-16-17(12)9-4-6-10(18)7-5-9/h4-8,18H,3H2,1-2H3,(H,13,19). The molecule has 2 rings (SSSR count). The molecule has 1 aromatic carbocycles. The van der Waals surface area contributed by atoms with Crippen LogP contribution in [0.1, 0.15) is 13.8 Å². The predicted octanol–water partition coefficient (Wildman–Crippen LogP) is 0.985. The number of hydrogen-bond donors (Lipinski definition) is 2. The average Bonchev–Trinajstić information content (AvgIpc) is 2.88. The van der Waals surface area contributed by atoms with Gasteiger partial charge in [-0.3, -0.25) is 4.79 Å². The third-order valence-corrected chi connectivity index (χ3v) is 3.57. The van der Waals surface area contributed by atoms with Gasteiger partial charge in [-0.25, -0.2) is 0 Å². The number of phenols is 1. The smallest absolute Gasteiger partial charge is 0.233 e. The van der Waals surface area contributed by atoms with E-state index in [2.05, 4.69) is 20.8 Å². The van der Waals surface area contributed by atoms with Crippen molar-refractivity contribution in [3.8, 4) is 11.4 Å². The second-order valence-electron chi connectivity index (χ2n) is 4.04. The van der Waals surface area contributed by atoms with E-state index in [0.29, 0.717) is 11.7 Å². The van der Waals surface area contributed by atoms with E-state index in [-0.39, 0.29) is 16.9 Å². The van der Waals surface area contributed by atoms with Gasteiger partial charge >= 0.3 is 0 Å². The molecule has 1 atom stereocenters. The summed E-state index contributed by atoms with van der Waals surface area (Å²) in [7, 11) is 0. The molecule has 8 heteroatoms. The highest BCUT2D eigenvalue weighted by atomic mass is 32.2. The van der Waals surface area contributed by atoms with E-state index >= 15 is 0 Å². The zero-order valence-corrected chi connectivity index (χ0v) is 12.0. The summed E-state index contributed by atoms with van der Waals surface area (Å²) >= 11 is 1.28. The highest BCUT2D eigenvalue weighted by Crippen LogP contribution is 2.23. The highest BCUT2D eigenvalue weighted by Gasteiger charge is 2.18. The molecule has 0 spiro atoms. The van der Waals surface area contributed by atoms with Crippen molar-refractivity contribution in [1.82, 2.24) is 25.5 Å². The number of thioether (sulfide) groups is 1. The number of nitrogens with one attached hydrogen (secondary N) is 1. The van der Waals surface area contributed by atoms with E-state index in [4.69, 9.17) is 0 Å². The number of tetrazole rings is 1. The van der Waals surface area contributed by atoms with E-state index in [1.165, 1.54) is 16.4 Å². The summed E-state index contributed by atoms with van der Waals surface area (Å²) < 4.78 is 1.53. The van der Waals surface area contributed by atoms with Crippen LogP contribution in [0, 0.1) is 0 Å². The van der Waals surface area contributed by atoms with Gasteiger partial charge in [-0.05, 0) is 48.5 Å². The van der Waals surface area contributed by atoms with E-state index in [1.54, 1.807) is 31.2 Å². The van der Waals surface area contributed by atoms with Crippen LogP contribution in [0.2, 0.25) is 0 Å². The minimum atomic E-state index is -0.295. The van der Waals surface area contributed by atoms with Crippen LogP contribution in [0.5, 0.6) is 5.75 Å². The molecule has 1 heterocycles. The summed E-state index contributed by atoms with van der Waals surface area (Å²) in [6.45, 7) is 4.26. The van der Waals surface area contributed by atoms with Crippen molar-refractivity contribution in [3.63, 3.8) is 0 Å². The normalized spacial score (nSPS) is 12.1. The number of phenolic OH excluding ortho intramolecular Hbond substituents is 1. The quantitative estimate of drug-likeness (QED) is 0.798. The monoisotopic (exact) mass is 293 g/mol. The molecule has 0 bridgehead atoms. The Hall–Kier alpha value is -2.09. The van der Waals surface area contributed by atoms with Crippen LogP contribution < -0.4 is 5.32 Å². The summed E-state index contributed by atoms with van der Waals surface area (Å²) in [5, 5.41) is 23.7. The van der Waals surface area contributed by atoms with Gasteiger partial charge in [-0.15, -0.1) is 5.10 Å². The fraction of sp³-hybridized carbons (Fsp3) is 0.333. The first kappa shape index (κ1) is 14.3. The molecule has 20 heavy (non-hydrogen) atoms. The van der Waals surface area contributed by atoms with Gasteiger partial charge in [-0.1, -0.05) is 11.8 Å². The Kier molecular flexibility index (Phi) is 4.57. The third-order valence-electron chi connectivity index (χ3n) is 2.54. The molecule has 2 aromatic rings. The Morgan fingerprint density at radius 2 is 2.15 bits per heavy atom. The molecule has 0 fully saturated rings. The minimum Gasteiger partial charge on any atom is -0.508 e. The van der Waals surface area contributed by atoms with Gasteiger partial charge < -0.3 is 10.4 Å². The zero-order valence-electron chi connectivity index (χ0n) is 11.1. The van der Waals surface area contributed by atoms with Crippen molar-refractivity contribution in [1.29, 1.82) is 0 Å². The number of nitrogens with zero attached hydrogens (tertiary/aromatic N) is 4. The Labute approximate surface area is 120 Å². The maximum absolute atomic E-state index is 11.7. The SMILES string of the molecule is CCNC(=O)C(C)Sc1nnnn1-c1ccc(O)cc1. The maximum atomic E-state index is 11.7. The summed E-state index contributed by atoms with van der Waals surface area (Å²) in [5.41, 5.74) is 0.721. The first-order valence-corrected chi connectivity index (χ1v) is 7.02. The lowest BCUT2D eigenvalue weighted by molar-refractivity contribution is -0.120. The molecule has 2 N–H and O–H groups in total. The molecule has 0 aliphatic rings. The van der Waals surface area contributed by atoms with E-state index < -0.39 is 0 Å². The minimum absolute atomic E-state index is 0.0576. The maximum Gasteiger partial charge on any atom is 0.233 e. The van der Waals surface area contributed by atoms with Crippen LogP contribution in [0.15, 0.2) is 29.4 Å². The number of amides is 1. The fourth-order valence-electron chi connectivity index (χ4n) is 1.54. The van der Waals surface area contributed by atoms with Crippen molar-refractivity contribution >= 4 is 17.7 Å². The molecule has 0 saturated carbocycles.